The number of fused-ring (bicyclic) bond motifs is 1. The number of halogens is 1. The fraction of sp³-hybridized carbons (Fsp3) is 0.357. The standard InChI is InChI=1S/C14H14ClNO2/c15-11-4-1-5-12-13(11)10(7-16-12)14(17)9-3-2-6-18-8-9/h1,4-5,7,9,16H,2-3,6,8H2. The van der Waals surface area contributed by atoms with E-state index >= 15 is 0 Å². The molecule has 1 N–H and O–H groups in total. The first-order valence-electron chi connectivity index (χ1n) is 6.15. The van der Waals surface area contributed by atoms with Crippen LogP contribution in [-0.2, 0) is 4.74 Å². The van der Waals surface area contributed by atoms with Gasteiger partial charge >= 0.3 is 0 Å². The molecular weight excluding hydrogens is 250 g/mol. The highest BCUT2D eigenvalue weighted by atomic mass is 35.5. The SMILES string of the molecule is O=C(c1c[nH]c2cccc(Cl)c12)C1CCCOC1. The second-order valence-corrected chi connectivity index (χ2v) is 5.05. The van der Waals surface area contributed by atoms with E-state index in [0.717, 1.165) is 30.4 Å². The third-order valence-electron chi connectivity index (χ3n) is 3.45. The number of H-pyrrole nitrogens is 1. The lowest BCUT2D eigenvalue weighted by atomic mass is 9.92. The minimum Gasteiger partial charge on any atom is -0.381 e. The molecule has 0 spiro atoms. The van der Waals surface area contributed by atoms with E-state index in [0.29, 0.717) is 17.2 Å². The Morgan fingerprint density at radius 1 is 1.44 bits per heavy atom. The van der Waals surface area contributed by atoms with Crippen LogP contribution in [0.2, 0.25) is 5.02 Å². The minimum atomic E-state index is -0.0333. The number of aromatic nitrogens is 1. The third-order valence-corrected chi connectivity index (χ3v) is 3.77. The highest BCUT2D eigenvalue weighted by molar-refractivity contribution is 6.37. The number of carbonyl (C=O) groups excluding carboxylic acids is 1. The largest absolute Gasteiger partial charge is 0.381 e. The summed E-state index contributed by atoms with van der Waals surface area (Å²) < 4.78 is 5.38. The van der Waals surface area contributed by atoms with Gasteiger partial charge in [-0.05, 0) is 25.0 Å². The van der Waals surface area contributed by atoms with Gasteiger partial charge in [0.05, 0.1) is 11.6 Å². The Bertz CT molecular complexity index is 584. The molecule has 0 bridgehead atoms. The second-order valence-electron chi connectivity index (χ2n) is 4.64. The second kappa shape index (κ2) is 4.75. The van der Waals surface area contributed by atoms with Crippen molar-refractivity contribution in [3.8, 4) is 0 Å². The topological polar surface area (TPSA) is 42.1 Å². The van der Waals surface area contributed by atoms with Gasteiger partial charge in [-0.1, -0.05) is 17.7 Å². The predicted octanol–water partition coefficient (Wildman–Crippen LogP) is 3.43. The molecule has 1 aromatic heterocycles. The molecule has 2 aromatic rings. The lowest BCUT2D eigenvalue weighted by molar-refractivity contribution is 0.0462. The maximum atomic E-state index is 12.5. The van der Waals surface area contributed by atoms with E-state index in [2.05, 4.69) is 4.98 Å². The van der Waals surface area contributed by atoms with Crippen molar-refractivity contribution < 1.29 is 9.53 Å². The van der Waals surface area contributed by atoms with Crippen LogP contribution in [-0.4, -0.2) is 24.0 Å². The Hall–Kier alpha value is -1.32. The van der Waals surface area contributed by atoms with Crippen LogP contribution >= 0.6 is 11.6 Å². The van der Waals surface area contributed by atoms with E-state index < -0.39 is 0 Å². The highest BCUT2D eigenvalue weighted by Gasteiger charge is 2.25. The maximum absolute atomic E-state index is 12.5. The van der Waals surface area contributed by atoms with Crippen LogP contribution in [0.25, 0.3) is 10.9 Å². The number of nitrogens with one attached hydrogen (secondary N) is 1. The summed E-state index contributed by atoms with van der Waals surface area (Å²) >= 11 is 6.18. The molecule has 0 amide bonds. The molecule has 2 heterocycles. The molecule has 1 saturated heterocycles. The smallest absolute Gasteiger partial charge is 0.170 e. The Kier molecular flexibility index (Phi) is 3.10. The molecule has 3 nitrogen and oxygen atoms in total. The summed E-state index contributed by atoms with van der Waals surface area (Å²) in [5, 5.41) is 1.45. The highest BCUT2D eigenvalue weighted by Crippen LogP contribution is 2.29. The van der Waals surface area contributed by atoms with Gasteiger partial charge in [-0.2, -0.15) is 0 Å². The van der Waals surface area contributed by atoms with Gasteiger partial charge < -0.3 is 9.72 Å². The number of benzene rings is 1. The number of rotatable bonds is 2. The molecule has 18 heavy (non-hydrogen) atoms. The molecule has 1 aromatic carbocycles. The number of carbonyl (C=O) groups is 1. The van der Waals surface area contributed by atoms with E-state index in [4.69, 9.17) is 16.3 Å². The van der Waals surface area contributed by atoms with Crippen molar-refractivity contribution >= 4 is 28.3 Å². The van der Waals surface area contributed by atoms with Crippen molar-refractivity contribution in [3.05, 3.63) is 35.0 Å². The normalized spacial score (nSPS) is 20.2. The van der Waals surface area contributed by atoms with Gasteiger partial charge in [-0.25, -0.2) is 0 Å². The molecule has 1 atom stereocenters. The Morgan fingerprint density at radius 2 is 2.33 bits per heavy atom. The molecule has 1 aliphatic rings. The zero-order chi connectivity index (χ0) is 12.5. The lowest BCUT2D eigenvalue weighted by Gasteiger charge is -2.20. The molecular formula is C14H14ClNO2. The summed E-state index contributed by atoms with van der Waals surface area (Å²) in [6.45, 7) is 1.29. The fourth-order valence-corrected chi connectivity index (χ4v) is 2.78. The Labute approximate surface area is 110 Å². The Morgan fingerprint density at radius 3 is 3.11 bits per heavy atom. The summed E-state index contributed by atoms with van der Waals surface area (Å²) in [4.78, 5) is 15.6. The predicted molar refractivity (Wildman–Crippen MR) is 71.2 cm³/mol. The molecule has 1 unspecified atom stereocenters. The number of ketones is 1. The molecule has 94 valence electrons. The van der Waals surface area contributed by atoms with Crippen LogP contribution in [0.4, 0.5) is 0 Å². The molecule has 1 aliphatic heterocycles. The van der Waals surface area contributed by atoms with E-state index in [-0.39, 0.29) is 11.7 Å². The first-order valence-corrected chi connectivity index (χ1v) is 6.52. The first kappa shape index (κ1) is 11.8. The fourth-order valence-electron chi connectivity index (χ4n) is 2.50. The lowest BCUT2D eigenvalue weighted by Crippen LogP contribution is -2.25. The number of Topliss-reactive ketones (excluding diaryl/α,β-unsaturated/α-hetero) is 1. The van der Waals surface area contributed by atoms with Crippen LogP contribution in [0.3, 0.4) is 0 Å². The van der Waals surface area contributed by atoms with Crippen molar-refractivity contribution in [2.45, 2.75) is 12.8 Å². The summed E-state index contributed by atoms with van der Waals surface area (Å²) in [5.74, 6) is 0.100. The molecule has 4 heteroatoms. The number of ether oxygens (including phenoxy) is 1. The number of hydrogen-bond acceptors (Lipinski definition) is 2. The van der Waals surface area contributed by atoms with Crippen molar-refractivity contribution in [2.24, 2.45) is 5.92 Å². The summed E-state index contributed by atoms with van der Waals surface area (Å²) in [6, 6.07) is 5.61. The van der Waals surface area contributed by atoms with Crippen molar-refractivity contribution in [3.63, 3.8) is 0 Å². The maximum Gasteiger partial charge on any atom is 0.170 e. The molecule has 0 saturated carbocycles. The van der Waals surface area contributed by atoms with E-state index in [1.54, 1.807) is 6.20 Å². The van der Waals surface area contributed by atoms with E-state index in [1.165, 1.54) is 0 Å². The van der Waals surface area contributed by atoms with Crippen LogP contribution < -0.4 is 0 Å². The number of hydrogen-bond donors (Lipinski definition) is 1. The molecule has 0 radical (unpaired) electrons. The van der Waals surface area contributed by atoms with Crippen molar-refractivity contribution in [1.29, 1.82) is 0 Å². The van der Waals surface area contributed by atoms with Gasteiger partial charge in [0, 0.05) is 35.2 Å². The third kappa shape index (κ3) is 1.93. The van der Waals surface area contributed by atoms with Gasteiger partial charge in [0.25, 0.3) is 0 Å². The number of aromatic amines is 1. The first-order chi connectivity index (χ1) is 8.77. The van der Waals surface area contributed by atoms with Crippen molar-refractivity contribution in [2.75, 3.05) is 13.2 Å². The quantitative estimate of drug-likeness (QED) is 0.844. The molecule has 3 rings (SSSR count). The monoisotopic (exact) mass is 263 g/mol. The summed E-state index contributed by atoms with van der Waals surface area (Å²) in [7, 11) is 0. The van der Waals surface area contributed by atoms with Gasteiger partial charge in [0.1, 0.15) is 0 Å². The summed E-state index contributed by atoms with van der Waals surface area (Å²) in [5.41, 5.74) is 1.59. The van der Waals surface area contributed by atoms with Gasteiger partial charge in [-0.15, -0.1) is 0 Å². The van der Waals surface area contributed by atoms with Gasteiger partial charge in [0.15, 0.2) is 5.78 Å². The minimum absolute atomic E-state index is 0.0333. The van der Waals surface area contributed by atoms with Crippen LogP contribution in [0.15, 0.2) is 24.4 Å². The summed E-state index contributed by atoms with van der Waals surface area (Å²) in [6.07, 6.45) is 3.61. The van der Waals surface area contributed by atoms with E-state index in [9.17, 15) is 4.79 Å². The van der Waals surface area contributed by atoms with Gasteiger partial charge in [-0.3, -0.25) is 4.79 Å². The van der Waals surface area contributed by atoms with Gasteiger partial charge in [0.2, 0.25) is 0 Å². The zero-order valence-electron chi connectivity index (χ0n) is 9.91. The van der Waals surface area contributed by atoms with Crippen LogP contribution in [0, 0.1) is 5.92 Å². The van der Waals surface area contributed by atoms with Crippen LogP contribution in [0.1, 0.15) is 23.2 Å². The zero-order valence-corrected chi connectivity index (χ0v) is 10.7. The average Bonchev–Trinajstić information content (AvgIpc) is 2.84. The molecule has 0 aliphatic carbocycles. The van der Waals surface area contributed by atoms with Crippen molar-refractivity contribution in [1.82, 2.24) is 4.98 Å². The van der Waals surface area contributed by atoms with E-state index in [1.807, 2.05) is 18.2 Å². The Balaban J connectivity index is 2.01. The average molecular weight is 264 g/mol. The molecule has 1 fully saturated rings. The van der Waals surface area contributed by atoms with Crippen LogP contribution in [0.5, 0.6) is 0 Å².